The number of tetrazole rings is 1. The summed E-state index contributed by atoms with van der Waals surface area (Å²) in [6.45, 7) is 1.96. The summed E-state index contributed by atoms with van der Waals surface area (Å²) < 4.78 is 1.52. The number of carbonyl (C=O) groups excluding carboxylic acids is 3. The lowest BCUT2D eigenvalue weighted by molar-refractivity contribution is -0.140. The van der Waals surface area contributed by atoms with Gasteiger partial charge in [0.25, 0.3) is 0 Å². The van der Waals surface area contributed by atoms with Gasteiger partial charge in [0.15, 0.2) is 0 Å². The van der Waals surface area contributed by atoms with Gasteiger partial charge in [0.05, 0.1) is 17.5 Å². The van der Waals surface area contributed by atoms with E-state index in [0.29, 0.717) is 18.5 Å². The number of allylic oxidation sites excluding steroid dienone is 2. The first kappa shape index (κ1) is 18.0. The fourth-order valence-corrected chi connectivity index (χ4v) is 3.79. The molecule has 0 radical (unpaired) electrons. The van der Waals surface area contributed by atoms with Crippen LogP contribution in [0.4, 0.5) is 5.69 Å². The molecule has 3 amide bonds. The van der Waals surface area contributed by atoms with E-state index in [-0.39, 0.29) is 42.5 Å². The first-order valence-corrected chi connectivity index (χ1v) is 9.19. The van der Waals surface area contributed by atoms with Gasteiger partial charge in [0.1, 0.15) is 6.33 Å². The molecule has 1 aliphatic heterocycles. The SMILES string of the molecule is Cc1c(NC(=O)CCN2C(=O)C3CC=CCC3C2=O)cccc1-n1cnnn1. The van der Waals surface area contributed by atoms with E-state index in [9.17, 15) is 14.4 Å². The zero-order chi connectivity index (χ0) is 19.7. The molecular weight excluding hydrogens is 360 g/mol. The lowest BCUT2D eigenvalue weighted by Crippen LogP contribution is -2.34. The lowest BCUT2D eigenvalue weighted by Gasteiger charge is -2.15. The van der Waals surface area contributed by atoms with Crippen molar-refractivity contribution in [2.75, 3.05) is 11.9 Å². The molecule has 1 saturated heterocycles. The molecule has 2 unspecified atom stereocenters. The third-order valence-electron chi connectivity index (χ3n) is 5.34. The Balaban J connectivity index is 1.40. The maximum Gasteiger partial charge on any atom is 0.233 e. The largest absolute Gasteiger partial charge is 0.326 e. The van der Waals surface area contributed by atoms with Crippen molar-refractivity contribution >= 4 is 23.4 Å². The Labute approximate surface area is 161 Å². The number of likely N-dealkylation sites (tertiary alicyclic amines) is 1. The topological polar surface area (TPSA) is 110 Å². The number of aromatic nitrogens is 4. The number of amides is 3. The van der Waals surface area contributed by atoms with E-state index in [1.165, 1.54) is 15.9 Å². The summed E-state index contributed by atoms with van der Waals surface area (Å²) >= 11 is 0. The van der Waals surface area contributed by atoms with E-state index in [2.05, 4.69) is 20.8 Å². The number of rotatable bonds is 5. The summed E-state index contributed by atoms with van der Waals surface area (Å²) in [7, 11) is 0. The molecular formula is C19H20N6O3. The van der Waals surface area contributed by atoms with E-state index in [1.807, 2.05) is 25.1 Å². The summed E-state index contributed by atoms with van der Waals surface area (Å²) in [6.07, 6.45) is 6.62. The molecule has 9 heteroatoms. The van der Waals surface area contributed by atoms with Crippen LogP contribution in [-0.4, -0.2) is 49.4 Å². The van der Waals surface area contributed by atoms with Crippen molar-refractivity contribution in [1.82, 2.24) is 25.1 Å². The highest BCUT2D eigenvalue weighted by Gasteiger charge is 2.46. The van der Waals surface area contributed by atoms with Crippen LogP contribution in [-0.2, 0) is 14.4 Å². The molecule has 144 valence electrons. The van der Waals surface area contributed by atoms with Crippen molar-refractivity contribution in [3.05, 3.63) is 42.2 Å². The van der Waals surface area contributed by atoms with Crippen LogP contribution >= 0.6 is 0 Å². The number of hydrogen-bond acceptors (Lipinski definition) is 6. The average molecular weight is 380 g/mol. The smallest absolute Gasteiger partial charge is 0.233 e. The molecule has 1 aliphatic carbocycles. The second kappa shape index (κ2) is 7.34. The van der Waals surface area contributed by atoms with Gasteiger partial charge in [-0.1, -0.05) is 18.2 Å². The highest BCUT2D eigenvalue weighted by molar-refractivity contribution is 6.05. The summed E-state index contributed by atoms with van der Waals surface area (Å²) in [5.41, 5.74) is 2.20. The molecule has 1 aromatic heterocycles. The Kier molecular flexibility index (Phi) is 4.72. The molecule has 0 saturated carbocycles. The number of anilines is 1. The Morgan fingerprint density at radius 3 is 2.54 bits per heavy atom. The van der Waals surface area contributed by atoms with Gasteiger partial charge in [-0.3, -0.25) is 19.3 Å². The zero-order valence-corrected chi connectivity index (χ0v) is 15.4. The van der Waals surface area contributed by atoms with E-state index in [1.54, 1.807) is 12.1 Å². The Bertz CT molecular complexity index is 927. The molecule has 4 rings (SSSR count). The molecule has 0 bridgehead atoms. The Morgan fingerprint density at radius 2 is 1.89 bits per heavy atom. The molecule has 0 spiro atoms. The summed E-state index contributed by atoms with van der Waals surface area (Å²) in [6, 6.07) is 5.43. The average Bonchev–Trinajstić information content (AvgIpc) is 3.31. The van der Waals surface area contributed by atoms with Crippen LogP contribution in [0.15, 0.2) is 36.7 Å². The van der Waals surface area contributed by atoms with Crippen LogP contribution in [0.25, 0.3) is 5.69 Å². The van der Waals surface area contributed by atoms with Gasteiger partial charge < -0.3 is 5.32 Å². The minimum Gasteiger partial charge on any atom is -0.326 e. The van der Waals surface area contributed by atoms with Gasteiger partial charge in [0.2, 0.25) is 17.7 Å². The standard InChI is InChI=1S/C19H20N6O3/c1-12-15(7-4-8-16(12)25-11-20-22-23-25)21-17(26)9-10-24-18(27)13-5-2-3-6-14(13)19(24)28/h2-4,7-8,11,13-14H,5-6,9-10H2,1H3,(H,21,26). The van der Waals surface area contributed by atoms with Crippen LogP contribution in [0, 0.1) is 18.8 Å². The molecule has 2 atom stereocenters. The van der Waals surface area contributed by atoms with Crippen LogP contribution < -0.4 is 5.32 Å². The second-order valence-corrected chi connectivity index (χ2v) is 6.99. The summed E-state index contributed by atoms with van der Waals surface area (Å²) in [4.78, 5) is 38.6. The van der Waals surface area contributed by atoms with Crippen LogP contribution in [0.3, 0.4) is 0 Å². The maximum absolute atomic E-state index is 12.5. The lowest BCUT2D eigenvalue weighted by atomic mass is 9.85. The molecule has 1 fully saturated rings. The summed E-state index contributed by atoms with van der Waals surface area (Å²) in [5, 5.41) is 14.0. The number of nitrogens with zero attached hydrogens (tertiary/aromatic N) is 5. The highest BCUT2D eigenvalue weighted by atomic mass is 16.2. The predicted octanol–water partition coefficient (Wildman–Crippen LogP) is 1.25. The molecule has 9 nitrogen and oxygen atoms in total. The van der Waals surface area contributed by atoms with E-state index < -0.39 is 0 Å². The van der Waals surface area contributed by atoms with Crippen LogP contribution in [0.5, 0.6) is 0 Å². The van der Waals surface area contributed by atoms with Gasteiger partial charge >= 0.3 is 0 Å². The normalized spacial score (nSPS) is 21.1. The first-order chi connectivity index (χ1) is 13.6. The number of carbonyl (C=O) groups is 3. The van der Waals surface area contributed by atoms with Crippen molar-refractivity contribution < 1.29 is 14.4 Å². The fourth-order valence-electron chi connectivity index (χ4n) is 3.79. The quantitative estimate of drug-likeness (QED) is 0.617. The van der Waals surface area contributed by atoms with Gasteiger partial charge in [-0.25, -0.2) is 4.68 Å². The van der Waals surface area contributed by atoms with Crippen molar-refractivity contribution in [2.45, 2.75) is 26.2 Å². The third-order valence-corrected chi connectivity index (χ3v) is 5.34. The fraction of sp³-hybridized carbons (Fsp3) is 0.368. The van der Waals surface area contributed by atoms with E-state index in [4.69, 9.17) is 0 Å². The number of benzene rings is 1. The zero-order valence-electron chi connectivity index (χ0n) is 15.4. The highest BCUT2D eigenvalue weighted by Crippen LogP contribution is 2.35. The molecule has 1 N–H and O–H groups in total. The van der Waals surface area contributed by atoms with E-state index in [0.717, 1.165) is 11.3 Å². The van der Waals surface area contributed by atoms with Crippen LogP contribution in [0.2, 0.25) is 0 Å². The van der Waals surface area contributed by atoms with Crippen molar-refractivity contribution in [2.24, 2.45) is 11.8 Å². The molecule has 1 aromatic carbocycles. The van der Waals surface area contributed by atoms with Gasteiger partial charge in [-0.2, -0.15) is 0 Å². The maximum atomic E-state index is 12.5. The minimum absolute atomic E-state index is 0.0545. The summed E-state index contributed by atoms with van der Waals surface area (Å²) in [5.74, 6) is -1.12. The van der Waals surface area contributed by atoms with Crippen molar-refractivity contribution in [3.63, 3.8) is 0 Å². The third kappa shape index (κ3) is 3.19. The van der Waals surface area contributed by atoms with Crippen molar-refractivity contribution in [1.29, 1.82) is 0 Å². The Morgan fingerprint density at radius 1 is 1.18 bits per heavy atom. The molecule has 2 heterocycles. The van der Waals surface area contributed by atoms with Crippen LogP contribution in [0.1, 0.15) is 24.8 Å². The van der Waals surface area contributed by atoms with Gasteiger partial charge in [-0.15, -0.1) is 5.10 Å². The van der Waals surface area contributed by atoms with Crippen molar-refractivity contribution in [3.8, 4) is 5.69 Å². The minimum atomic E-state index is -0.268. The molecule has 2 aliphatic rings. The molecule has 28 heavy (non-hydrogen) atoms. The molecule has 2 aromatic rings. The number of nitrogens with one attached hydrogen (secondary N) is 1. The van der Waals surface area contributed by atoms with E-state index >= 15 is 0 Å². The van der Waals surface area contributed by atoms with Gasteiger partial charge in [-0.05, 0) is 47.9 Å². The number of fused-ring (bicyclic) bond motifs is 1. The number of imide groups is 1. The monoisotopic (exact) mass is 380 g/mol. The van der Waals surface area contributed by atoms with Gasteiger partial charge in [0, 0.05) is 18.7 Å². The predicted molar refractivity (Wildman–Crippen MR) is 99.2 cm³/mol. The number of hydrogen-bond donors (Lipinski definition) is 1. The second-order valence-electron chi connectivity index (χ2n) is 6.99. The Hall–Kier alpha value is -3.36. The first-order valence-electron chi connectivity index (χ1n) is 9.19.